The Balaban J connectivity index is 2.04. The fourth-order valence-electron chi connectivity index (χ4n) is 3.68. The molecule has 2 aromatic carbocycles. The lowest BCUT2D eigenvalue weighted by Gasteiger charge is -2.29. The van der Waals surface area contributed by atoms with Crippen molar-refractivity contribution in [3.63, 3.8) is 0 Å². The zero-order chi connectivity index (χ0) is 24.7. The number of nitrogens with zero attached hydrogens (tertiary/aromatic N) is 1. The summed E-state index contributed by atoms with van der Waals surface area (Å²) >= 11 is 0. The number of benzene rings is 2. The zero-order valence-electron chi connectivity index (χ0n) is 20.5. The number of likely N-dealkylation sites (tertiary alicyclic amines) is 1. The molecule has 0 aromatic heterocycles. The van der Waals surface area contributed by atoms with Gasteiger partial charge in [-0.25, -0.2) is 4.79 Å². The quantitative estimate of drug-likeness (QED) is 0.488. The molecule has 0 radical (unpaired) electrons. The van der Waals surface area contributed by atoms with E-state index >= 15 is 0 Å². The Morgan fingerprint density at radius 3 is 1.71 bits per heavy atom. The van der Waals surface area contributed by atoms with Gasteiger partial charge in [0.25, 0.3) is 0 Å². The Morgan fingerprint density at radius 1 is 0.853 bits per heavy atom. The number of carbonyl (C=O) groups is 2. The minimum atomic E-state index is -0.453. The van der Waals surface area contributed by atoms with Crippen molar-refractivity contribution >= 4 is 24.0 Å². The van der Waals surface area contributed by atoms with Crippen LogP contribution in [0, 0.1) is 0 Å². The van der Waals surface area contributed by atoms with Gasteiger partial charge in [-0.2, -0.15) is 0 Å². The zero-order valence-corrected chi connectivity index (χ0v) is 20.5. The molecular weight excluding hydrogens is 430 g/mol. The number of hydrogen-bond acceptors (Lipinski definition) is 5. The van der Waals surface area contributed by atoms with Gasteiger partial charge in [-0.15, -0.1) is 0 Å². The molecule has 0 atom stereocenters. The molecule has 0 saturated carbocycles. The minimum Gasteiger partial charge on any atom is -0.490 e. The van der Waals surface area contributed by atoms with Gasteiger partial charge in [-0.3, -0.25) is 9.69 Å². The van der Waals surface area contributed by atoms with E-state index in [9.17, 15) is 9.59 Å². The van der Waals surface area contributed by atoms with E-state index in [-0.39, 0.29) is 37.7 Å². The molecule has 1 heterocycles. The number of para-hydroxylation sites is 2. The topological polar surface area (TPSA) is 65.1 Å². The highest BCUT2D eigenvalue weighted by Gasteiger charge is 2.30. The number of hydrogen-bond donors (Lipinski definition) is 0. The summed E-state index contributed by atoms with van der Waals surface area (Å²) in [5.41, 5.74) is 2.56. The molecule has 1 aliphatic heterocycles. The highest BCUT2D eigenvalue weighted by molar-refractivity contribution is 6.15. The minimum absolute atomic E-state index is 0.00875. The van der Waals surface area contributed by atoms with Crippen LogP contribution < -0.4 is 9.47 Å². The third-order valence-corrected chi connectivity index (χ3v) is 5.05. The van der Waals surface area contributed by atoms with Crippen LogP contribution in [0.15, 0.2) is 59.7 Å². The van der Waals surface area contributed by atoms with Crippen molar-refractivity contribution in [2.75, 3.05) is 19.7 Å². The van der Waals surface area contributed by atoms with Crippen LogP contribution in [0.4, 0.5) is 4.79 Å². The molecule has 0 bridgehead atoms. The lowest BCUT2D eigenvalue weighted by atomic mass is 9.94. The van der Waals surface area contributed by atoms with Crippen LogP contribution >= 0.6 is 0 Å². The van der Waals surface area contributed by atoms with Crippen LogP contribution in [0.25, 0.3) is 12.2 Å². The van der Waals surface area contributed by atoms with Gasteiger partial charge < -0.3 is 14.2 Å². The van der Waals surface area contributed by atoms with Crippen LogP contribution in [0.3, 0.4) is 0 Å². The van der Waals surface area contributed by atoms with E-state index in [2.05, 4.69) is 0 Å². The van der Waals surface area contributed by atoms with Gasteiger partial charge in [0, 0.05) is 22.3 Å². The molecule has 6 nitrogen and oxygen atoms in total. The average Bonchev–Trinajstić information content (AvgIpc) is 2.78. The Labute approximate surface area is 201 Å². The van der Waals surface area contributed by atoms with Crippen molar-refractivity contribution in [2.45, 2.75) is 46.8 Å². The van der Waals surface area contributed by atoms with Crippen molar-refractivity contribution in [1.29, 1.82) is 0 Å². The number of ketones is 1. The predicted octanol–water partition coefficient (Wildman–Crippen LogP) is 5.77. The van der Waals surface area contributed by atoms with Gasteiger partial charge in [-0.1, -0.05) is 36.4 Å². The number of amides is 1. The molecule has 2 aromatic rings. The standard InChI is InChI=1S/C28H33NO5/c1-6-32-28(31)29-17-23(15-21-11-7-9-13-25(21)33-19(2)3)27(30)24(18-29)16-22-12-8-10-14-26(22)34-20(4)5/h7-16,19-20H,6,17-18H2,1-5H3/b23-15+,24-16+. The van der Waals surface area contributed by atoms with Crippen molar-refractivity contribution in [2.24, 2.45) is 0 Å². The summed E-state index contributed by atoms with van der Waals surface area (Å²) in [5.74, 6) is 1.26. The Morgan fingerprint density at radius 2 is 1.29 bits per heavy atom. The van der Waals surface area contributed by atoms with Crippen LogP contribution in [0.1, 0.15) is 45.7 Å². The molecular formula is C28H33NO5. The molecule has 0 aliphatic carbocycles. The van der Waals surface area contributed by atoms with E-state index in [0.29, 0.717) is 22.6 Å². The van der Waals surface area contributed by atoms with E-state index in [1.807, 2.05) is 76.2 Å². The van der Waals surface area contributed by atoms with Crippen molar-refractivity contribution < 1.29 is 23.8 Å². The van der Waals surface area contributed by atoms with Crippen LogP contribution in [0.2, 0.25) is 0 Å². The number of rotatable bonds is 7. The SMILES string of the molecule is CCOC(=O)N1C/C(=C\c2ccccc2OC(C)C)C(=O)/C(=C/c2ccccc2OC(C)C)C1. The lowest BCUT2D eigenvalue weighted by molar-refractivity contribution is -0.113. The van der Waals surface area contributed by atoms with Gasteiger partial charge in [0.2, 0.25) is 0 Å². The molecule has 34 heavy (non-hydrogen) atoms. The first-order valence-electron chi connectivity index (χ1n) is 11.7. The molecule has 1 fully saturated rings. The maximum atomic E-state index is 13.5. The first-order valence-corrected chi connectivity index (χ1v) is 11.7. The maximum absolute atomic E-state index is 13.5. The molecule has 0 N–H and O–H groups in total. The third-order valence-electron chi connectivity index (χ3n) is 5.05. The Hall–Kier alpha value is -3.54. The van der Waals surface area contributed by atoms with Crippen LogP contribution in [-0.2, 0) is 9.53 Å². The van der Waals surface area contributed by atoms with Crippen molar-refractivity contribution in [3.8, 4) is 11.5 Å². The van der Waals surface area contributed by atoms with Gasteiger partial charge >= 0.3 is 6.09 Å². The van der Waals surface area contributed by atoms with Crippen LogP contribution in [0.5, 0.6) is 11.5 Å². The summed E-state index contributed by atoms with van der Waals surface area (Å²) in [4.78, 5) is 27.7. The van der Waals surface area contributed by atoms with E-state index < -0.39 is 6.09 Å². The lowest BCUT2D eigenvalue weighted by Crippen LogP contribution is -2.41. The van der Waals surface area contributed by atoms with Gasteiger partial charge in [0.05, 0.1) is 31.9 Å². The summed E-state index contributed by atoms with van der Waals surface area (Å²) in [5, 5.41) is 0. The maximum Gasteiger partial charge on any atom is 0.410 e. The fourth-order valence-corrected chi connectivity index (χ4v) is 3.68. The summed E-state index contributed by atoms with van der Waals surface area (Å²) in [6.07, 6.45) is 3.13. The summed E-state index contributed by atoms with van der Waals surface area (Å²) in [6, 6.07) is 15.1. The highest BCUT2D eigenvalue weighted by atomic mass is 16.6. The molecule has 0 unspecified atom stereocenters. The predicted molar refractivity (Wildman–Crippen MR) is 134 cm³/mol. The summed E-state index contributed by atoms with van der Waals surface area (Å²) < 4.78 is 17.1. The molecule has 1 aliphatic rings. The number of Topliss-reactive ketones (excluding diaryl/α,β-unsaturated/α-hetero) is 1. The number of carbonyl (C=O) groups excluding carboxylic acids is 2. The van der Waals surface area contributed by atoms with Gasteiger partial charge in [0.1, 0.15) is 11.5 Å². The molecule has 3 rings (SSSR count). The second-order valence-corrected chi connectivity index (χ2v) is 8.63. The van der Waals surface area contributed by atoms with E-state index in [0.717, 1.165) is 11.1 Å². The normalized spacial score (nSPS) is 16.4. The number of ether oxygens (including phenoxy) is 3. The number of piperidine rings is 1. The molecule has 180 valence electrons. The molecule has 1 amide bonds. The fraction of sp³-hybridized carbons (Fsp3) is 0.357. The summed E-state index contributed by atoms with van der Waals surface area (Å²) in [7, 11) is 0. The first-order chi connectivity index (χ1) is 16.3. The second kappa shape index (κ2) is 11.5. The Kier molecular flexibility index (Phi) is 8.52. The third kappa shape index (κ3) is 6.50. The van der Waals surface area contributed by atoms with Crippen molar-refractivity contribution in [1.82, 2.24) is 4.90 Å². The van der Waals surface area contributed by atoms with E-state index in [4.69, 9.17) is 14.2 Å². The Bertz CT molecular complexity index is 1010. The monoisotopic (exact) mass is 463 g/mol. The molecule has 6 heteroatoms. The smallest absolute Gasteiger partial charge is 0.410 e. The summed E-state index contributed by atoms with van der Waals surface area (Å²) in [6.45, 7) is 10.2. The van der Waals surface area contributed by atoms with E-state index in [1.165, 1.54) is 0 Å². The largest absolute Gasteiger partial charge is 0.490 e. The van der Waals surface area contributed by atoms with Crippen LogP contribution in [-0.4, -0.2) is 48.7 Å². The average molecular weight is 464 g/mol. The first kappa shape index (κ1) is 25.1. The van der Waals surface area contributed by atoms with E-state index in [1.54, 1.807) is 24.0 Å². The van der Waals surface area contributed by atoms with Gasteiger partial charge in [0.15, 0.2) is 5.78 Å². The highest BCUT2D eigenvalue weighted by Crippen LogP contribution is 2.29. The van der Waals surface area contributed by atoms with Gasteiger partial charge in [-0.05, 0) is 58.9 Å². The van der Waals surface area contributed by atoms with Crippen molar-refractivity contribution in [3.05, 3.63) is 70.8 Å². The molecule has 1 saturated heterocycles. The second-order valence-electron chi connectivity index (χ2n) is 8.63. The molecule has 0 spiro atoms.